The summed E-state index contributed by atoms with van der Waals surface area (Å²) in [5, 5.41) is 4.37. The molecular weight excluding hydrogens is 450 g/mol. The van der Waals surface area contributed by atoms with Gasteiger partial charge in [0.1, 0.15) is 24.0 Å². The molecule has 2 aromatic carbocycles. The number of ether oxygens (including phenoxy) is 3. The molecule has 0 radical (unpaired) electrons. The van der Waals surface area contributed by atoms with Crippen LogP contribution in [0.3, 0.4) is 0 Å². The zero-order valence-electron chi connectivity index (χ0n) is 19.2. The van der Waals surface area contributed by atoms with Crippen molar-refractivity contribution in [3.63, 3.8) is 0 Å². The molecule has 4 heterocycles. The molecule has 2 saturated heterocycles. The monoisotopic (exact) mass is 477 g/mol. The van der Waals surface area contributed by atoms with Gasteiger partial charge in [-0.25, -0.2) is 15.0 Å². The first-order valence-corrected chi connectivity index (χ1v) is 12.5. The van der Waals surface area contributed by atoms with Gasteiger partial charge in [-0.2, -0.15) is 0 Å². The molecule has 8 nitrogen and oxygen atoms in total. The molecule has 0 spiro atoms. The summed E-state index contributed by atoms with van der Waals surface area (Å²) in [5.74, 6) is 1.90. The Labute approximate surface area is 201 Å². The largest absolute Gasteiger partial charge is 0.489 e. The molecule has 4 aromatic rings. The third-order valence-electron chi connectivity index (χ3n) is 6.76. The molecule has 1 N–H and O–H groups in total. The van der Waals surface area contributed by atoms with Crippen LogP contribution in [0.25, 0.3) is 21.1 Å². The Bertz CT molecular complexity index is 1320. The average Bonchev–Trinajstić information content (AvgIpc) is 3.47. The summed E-state index contributed by atoms with van der Waals surface area (Å²) >= 11 is 1.62. The van der Waals surface area contributed by atoms with Crippen molar-refractivity contribution in [3.05, 3.63) is 42.2 Å². The number of thiazole rings is 1. The summed E-state index contributed by atoms with van der Waals surface area (Å²) in [5.41, 5.74) is 5.75. The van der Waals surface area contributed by atoms with Gasteiger partial charge < -0.3 is 24.4 Å². The Morgan fingerprint density at radius 3 is 2.85 bits per heavy atom. The van der Waals surface area contributed by atoms with E-state index in [1.165, 1.54) is 0 Å². The van der Waals surface area contributed by atoms with Crippen molar-refractivity contribution in [3.8, 4) is 5.75 Å². The van der Waals surface area contributed by atoms with E-state index < -0.39 is 0 Å². The van der Waals surface area contributed by atoms with Crippen molar-refractivity contribution < 1.29 is 14.2 Å². The predicted octanol–water partition coefficient (Wildman–Crippen LogP) is 4.62. The molecule has 2 aliphatic rings. The predicted molar refractivity (Wildman–Crippen MR) is 134 cm³/mol. The summed E-state index contributed by atoms with van der Waals surface area (Å²) in [6.45, 7) is 5.38. The minimum Gasteiger partial charge on any atom is -0.489 e. The van der Waals surface area contributed by atoms with Crippen LogP contribution in [-0.4, -0.2) is 60.6 Å². The van der Waals surface area contributed by atoms with Gasteiger partial charge in [-0.3, -0.25) is 0 Å². The lowest BCUT2D eigenvalue weighted by molar-refractivity contribution is -0.0773. The lowest BCUT2D eigenvalue weighted by Gasteiger charge is -2.32. The van der Waals surface area contributed by atoms with E-state index in [2.05, 4.69) is 50.3 Å². The summed E-state index contributed by atoms with van der Waals surface area (Å²) < 4.78 is 18.7. The molecule has 176 valence electrons. The van der Waals surface area contributed by atoms with Crippen molar-refractivity contribution in [2.75, 3.05) is 43.6 Å². The van der Waals surface area contributed by atoms with Crippen molar-refractivity contribution in [2.45, 2.75) is 25.6 Å². The highest BCUT2D eigenvalue weighted by Crippen LogP contribution is 2.38. The normalized spacial score (nSPS) is 19.5. The number of rotatable bonds is 7. The van der Waals surface area contributed by atoms with E-state index in [1.807, 2.05) is 17.6 Å². The van der Waals surface area contributed by atoms with Crippen molar-refractivity contribution in [1.82, 2.24) is 15.0 Å². The number of hydrogen-bond acceptors (Lipinski definition) is 9. The van der Waals surface area contributed by atoms with Crippen LogP contribution < -0.4 is 15.0 Å². The number of nitrogens with one attached hydrogen (secondary N) is 1. The lowest BCUT2D eigenvalue weighted by Crippen LogP contribution is -2.39. The van der Waals surface area contributed by atoms with Gasteiger partial charge in [-0.1, -0.05) is 0 Å². The molecule has 0 saturated carbocycles. The zero-order chi connectivity index (χ0) is 23.1. The van der Waals surface area contributed by atoms with Crippen LogP contribution in [0.2, 0.25) is 0 Å². The van der Waals surface area contributed by atoms with E-state index in [4.69, 9.17) is 14.2 Å². The fourth-order valence-electron chi connectivity index (χ4n) is 4.56. The minimum absolute atomic E-state index is 0.0269. The molecule has 0 aliphatic carbocycles. The summed E-state index contributed by atoms with van der Waals surface area (Å²) in [6, 6.07) is 10.4. The molecule has 2 aliphatic heterocycles. The van der Waals surface area contributed by atoms with Crippen LogP contribution in [-0.2, 0) is 9.47 Å². The van der Waals surface area contributed by atoms with Crippen LogP contribution in [0.4, 0.5) is 17.2 Å². The maximum atomic E-state index is 6.56. The van der Waals surface area contributed by atoms with Crippen LogP contribution in [0.5, 0.6) is 5.75 Å². The summed E-state index contributed by atoms with van der Waals surface area (Å²) in [4.78, 5) is 15.9. The first kappa shape index (κ1) is 21.5. The van der Waals surface area contributed by atoms with Gasteiger partial charge in [0, 0.05) is 43.6 Å². The van der Waals surface area contributed by atoms with E-state index in [1.54, 1.807) is 24.8 Å². The van der Waals surface area contributed by atoms with Crippen molar-refractivity contribution in [2.24, 2.45) is 5.92 Å². The fraction of sp³-hybridized carbons (Fsp3) is 0.400. The highest BCUT2D eigenvalue weighted by molar-refractivity contribution is 7.16. The molecule has 6 rings (SSSR count). The Balaban J connectivity index is 1.40. The third-order valence-corrected chi connectivity index (χ3v) is 7.56. The minimum atomic E-state index is 0.0269. The van der Waals surface area contributed by atoms with Gasteiger partial charge in [0.2, 0.25) is 0 Å². The second-order valence-electron chi connectivity index (χ2n) is 8.93. The second kappa shape index (κ2) is 8.98. The first-order valence-electron chi connectivity index (χ1n) is 11.6. The van der Waals surface area contributed by atoms with E-state index in [-0.39, 0.29) is 12.2 Å². The van der Waals surface area contributed by atoms with E-state index in [0.29, 0.717) is 5.92 Å². The smallest absolute Gasteiger partial charge is 0.145 e. The van der Waals surface area contributed by atoms with Gasteiger partial charge in [0.05, 0.1) is 45.9 Å². The van der Waals surface area contributed by atoms with Gasteiger partial charge >= 0.3 is 0 Å². The number of methoxy groups -OCH3 is 1. The van der Waals surface area contributed by atoms with E-state index >= 15 is 0 Å². The molecule has 2 atom stereocenters. The molecule has 0 bridgehead atoms. The Hall–Kier alpha value is -3.01. The Morgan fingerprint density at radius 2 is 2.06 bits per heavy atom. The van der Waals surface area contributed by atoms with Crippen LogP contribution in [0.1, 0.15) is 13.3 Å². The van der Waals surface area contributed by atoms with E-state index in [0.717, 1.165) is 76.8 Å². The Kier molecular flexibility index (Phi) is 5.68. The van der Waals surface area contributed by atoms with Gasteiger partial charge in [-0.05, 0) is 37.6 Å². The number of nitrogens with zero attached hydrogens (tertiary/aromatic N) is 4. The fourth-order valence-corrected chi connectivity index (χ4v) is 5.27. The standard InChI is InChI=1S/C25H27N5O3S/c1-15(16-11-32-12-16)33-22-9-18(30-6-5-19(10-30)31-2)8-21-24(22)25(27-13-26-21)29-17-3-4-20-23(7-17)34-14-28-20/h3-4,7-9,13-16,19H,5-6,10-12H2,1-2H3,(H,26,27,29)/t15-,19+/m1/s1. The van der Waals surface area contributed by atoms with Crippen molar-refractivity contribution in [1.29, 1.82) is 0 Å². The summed E-state index contributed by atoms with van der Waals surface area (Å²) in [6.07, 6.45) is 2.89. The molecule has 9 heteroatoms. The van der Waals surface area contributed by atoms with Gasteiger partial charge in [-0.15, -0.1) is 11.3 Å². The van der Waals surface area contributed by atoms with Crippen molar-refractivity contribution >= 4 is 49.6 Å². The van der Waals surface area contributed by atoms with Crippen LogP contribution in [0, 0.1) is 5.92 Å². The maximum absolute atomic E-state index is 6.56. The number of fused-ring (bicyclic) bond motifs is 2. The molecule has 2 fully saturated rings. The van der Waals surface area contributed by atoms with Gasteiger partial charge in [0.25, 0.3) is 0 Å². The zero-order valence-corrected chi connectivity index (χ0v) is 20.0. The number of aromatic nitrogens is 3. The number of anilines is 3. The van der Waals surface area contributed by atoms with E-state index in [9.17, 15) is 0 Å². The molecule has 34 heavy (non-hydrogen) atoms. The maximum Gasteiger partial charge on any atom is 0.145 e. The topological polar surface area (TPSA) is 81.6 Å². The number of hydrogen-bond donors (Lipinski definition) is 1. The highest BCUT2D eigenvalue weighted by Gasteiger charge is 2.29. The van der Waals surface area contributed by atoms with Crippen LogP contribution in [0.15, 0.2) is 42.2 Å². The summed E-state index contributed by atoms with van der Waals surface area (Å²) in [7, 11) is 1.78. The quantitative estimate of drug-likeness (QED) is 0.413. The third kappa shape index (κ3) is 4.04. The highest BCUT2D eigenvalue weighted by atomic mass is 32.1. The van der Waals surface area contributed by atoms with Crippen LogP contribution >= 0.6 is 11.3 Å². The Morgan fingerprint density at radius 1 is 1.15 bits per heavy atom. The van der Waals surface area contributed by atoms with Gasteiger partial charge in [0.15, 0.2) is 0 Å². The number of benzene rings is 2. The first-order chi connectivity index (χ1) is 16.7. The molecule has 0 unspecified atom stereocenters. The average molecular weight is 478 g/mol. The second-order valence-corrected chi connectivity index (χ2v) is 9.82. The molecule has 2 aromatic heterocycles. The SMILES string of the molecule is CO[C@H]1CCN(c2cc(O[C@H](C)C3COC3)c3c(Nc4ccc5ncsc5c4)ncnc3c2)C1. The lowest BCUT2D eigenvalue weighted by atomic mass is 10.0. The molecule has 0 amide bonds. The molecular formula is C25H27N5O3S.